The monoisotopic (exact) mass is 245 g/mol. The molecule has 2 aliphatic rings. The summed E-state index contributed by atoms with van der Waals surface area (Å²) in [5, 5.41) is 10.9. The third kappa shape index (κ3) is 1.74. The van der Waals surface area contributed by atoms with Crippen LogP contribution in [0, 0.1) is 0 Å². The van der Waals surface area contributed by atoms with Gasteiger partial charge >= 0.3 is 0 Å². The molecule has 1 N–H and O–H groups in total. The number of nitrogens with zero attached hydrogens (tertiary/aromatic N) is 1. The molecule has 0 spiro atoms. The maximum absolute atomic E-state index is 11.7. The maximum Gasteiger partial charge on any atom is 0.219 e. The molecule has 96 valence electrons. The Balaban J connectivity index is 1.89. The van der Waals surface area contributed by atoms with E-state index < -0.39 is 5.60 Å². The van der Waals surface area contributed by atoms with E-state index in [-0.39, 0.29) is 18.0 Å². The summed E-state index contributed by atoms with van der Waals surface area (Å²) < 4.78 is 0. The van der Waals surface area contributed by atoms with Gasteiger partial charge in [0.2, 0.25) is 5.91 Å². The number of fused-ring (bicyclic) bond motifs is 2. The van der Waals surface area contributed by atoms with Crippen LogP contribution in [-0.2, 0) is 10.4 Å². The molecule has 0 aromatic heterocycles. The van der Waals surface area contributed by atoms with Gasteiger partial charge in [-0.25, -0.2) is 0 Å². The Hall–Kier alpha value is -1.35. The number of hydrogen-bond acceptors (Lipinski definition) is 2. The molecule has 2 saturated heterocycles. The van der Waals surface area contributed by atoms with Crippen molar-refractivity contribution in [1.82, 2.24) is 4.90 Å². The summed E-state index contributed by atoms with van der Waals surface area (Å²) in [6, 6.07) is 10.3. The first-order chi connectivity index (χ1) is 8.60. The van der Waals surface area contributed by atoms with Crippen molar-refractivity contribution < 1.29 is 9.90 Å². The maximum atomic E-state index is 11.7. The zero-order chi connectivity index (χ0) is 12.8. The van der Waals surface area contributed by atoms with Crippen LogP contribution in [0.5, 0.6) is 0 Å². The van der Waals surface area contributed by atoms with Crippen LogP contribution in [0.4, 0.5) is 0 Å². The van der Waals surface area contributed by atoms with E-state index in [0.29, 0.717) is 12.8 Å². The zero-order valence-corrected chi connectivity index (χ0v) is 10.7. The van der Waals surface area contributed by atoms with E-state index in [1.165, 1.54) is 0 Å². The van der Waals surface area contributed by atoms with Crippen molar-refractivity contribution >= 4 is 5.91 Å². The van der Waals surface area contributed by atoms with Crippen molar-refractivity contribution in [1.29, 1.82) is 0 Å². The van der Waals surface area contributed by atoms with Crippen molar-refractivity contribution in [2.75, 3.05) is 0 Å². The van der Waals surface area contributed by atoms with E-state index in [1.807, 2.05) is 35.2 Å². The summed E-state index contributed by atoms with van der Waals surface area (Å²) in [4.78, 5) is 13.6. The summed E-state index contributed by atoms with van der Waals surface area (Å²) in [7, 11) is 0. The number of piperidine rings is 1. The quantitative estimate of drug-likeness (QED) is 0.822. The van der Waals surface area contributed by atoms with Crippen molar-refractivity contribution in [3.05, 3.63) is 35.9 Å². The van der Waals surface area contributed by atoms with Crippen LogP contribution in [0.2, 0.25) is 0 Å². The van der Waals surface area contributed by atoms with Crippen molar-refractivity contribution in [2.45, 2.75) is 50.3 Å². The molecule has 3 nitrogen and oxygen atoms in total. The first-order valence-electron chi connectivity index (χ1n) is 6.67. The Morgan fingerprint density at radius 3 is 2.28 bits per heavy atom. The Morgan fingerprint density at radius 2 is 1.78 bits per heavy atom. The van der Waals surface area contributed by atoms with Gasteiger partial charge in [0.05, 0.1) is 5.60 Å². The molecule has 18 heavy (non-hydrogen) atoms. The van der Waals surface area contributed by atoms with Gasteiger partial charge < -0.3 is 10.0 Å². The van der Waals surface area contributed by atoms with Crippen LogP contribution in [0.15, 0.2) is 30.3 Å². The second-order valence-electron chi connectivity index (χ2n) is 5.62. The lowest BCUT2D eigenvalue weighted by Crippen LogP contribution is -2.51. The van der Waals surface area contributed by atoms with E-state index in [4.69, 9.17) is 0 Å². The molecular weight excluding hydrogens is 226 g/mol. The minimum Gasteiger partial charge on any atom is -0.385 e. The average molecular weight is 245 g/mol. The highest BCUT2D eigenvalue weighted by molar-refractivity contribution is 5.74. The highest BCUT2D eigenvalue weighted by Crippen LogP contribution is 2.45. The first-order valence-corrected chi connectivity index (χ1v) is 6.67. The first kappa shape index (κ1) is 11.7. The van der Waals surface area contributed by atoms with Gasteiger partial charge in [-0.1, -0.05) is 30.3 Å². The van der Waals surface area contributed by atoms with Gasteiger partial charge in [0.25, 0.3) is 0 Å². The van der Waals surface area contributed by atoms with Crippen LogP contribution in [0.25, 0.3) is 0 Å². The normalized spacial score (nSPS) is 34.7. The van der Waals surface area contributed by atoms with Crippen LogP contribution in [0.1, 0.15) is 38.2 Å². The SMILES string of the molecule is CC(=O)N1C2CCC1CC(O)(c1ccccc1)C2. The van der Waals surface area contributed by atoms with Crippen LogP contribution in [0.3, 0.4) is 0 Å². The highest BCUT2D eigenvalue weighted by Gasteiger charge is 2.49. The molecule has 2 aliphatic heterocycles. The number of benzene rings is 1. The molecule has 0 aliphatic carbocycles. The van der Waals surface area contributed by atoms with E-state index in [9.17, 15) is 9.90 Å². The number of amides is 1. The minimum absolute atomic E-state index is 0.151. The molecule has 2 atom stereocenters. The highest BCUT2D eigenvalue weighted by atomic mass is 16.3. The summed E-state index contributed by atoms with van der Waals surface area (Å²) >= 11 is 0. The predicted molar refractivity (Wildman–Crippen MR) is 68.9 cm³/mol. The van der Waals surface area contributed by atoms with E-state index >= 15 is 0 Å². The second-order valence-corrected chi connectivity index (χ2v) is 5.62. The lowest BCUT2D eigenvalue weighted by atomic mass is 9.80. The number of carbonyl (C=O) groups is 1. The van der Waals surface area contributed by atoms with Crippen molar-refractivity contribution in [2.24, 2.45) is 0 Å². The standard InChI is InChI=1S/C15H19NO2/c1-11(17)16-13-7-8-14(16)10-15(18,9-13)12-5-3-2-4-6-12/h2-6,13-14,18H,7-10H2,1H3. The number of hydrogen-bond donors (Lipinski definition) is 1. The largest absolute Gasteiger partial charge is 0.385 e. The fourth-order valence-electron chi connectivity index (χ4n) is 3.72. The van der Waals surface area contributed by atoms with E-state index in [1.54, 1.807) is 6.92 Å². The Bertz CT molecular complexity index is 443. The lowest BCUT2D eigenvalue weighted by molar-refractivity contribution is -0.139. The van der Waals surface area contributed by atoms with Crippen molar-refractivity contribution in [3.63, 3.8) is 0 Å². The van der Waals surface area contributed by atoms with Crippen LogP contribution < -0.4 is 0 Å². The number of aliphatic hydroxyl groups is 1. The fraction of sp³-hybridized carbons (Fsp3) is 0.533. The smallest absolute Gasteiger partial charge is 0.219 e. The summed E-state index contributed by atoms with van der Waals surface area (Å²) in [6.45, 7) is 1.64. The summed E-state index contributed by atoms with van der Waals surface area (Å²) in [6.07, 6.45) is 3.40. The molecule has 3 rings (SSSR count). The Morgan fingerprint density at radius 1 is 1.22 bits per heavy atom. The molecule has 0 radical (unpaired) electrons. The third-order valence-corrected chi connectivity index (χ3v) is 4.44. The molecule has 2 bridgehead atoms. The van der Waals surface area contributed by atoms with E-state index in [0.717, 1.165) is 18.4 Å². The summed E-state index contributed by atoms with van der Waals surface area (Å²) in [5.41, 5.74) is 0.240. The molecule has 2 unspecified atom stereocenters. The van der Waals surface area contributed by atoms with Crippen LogP contribution >= 0.6 is 0 Å². The molecule has 1 aromatic carbocycles. The van der Waals surface area contributed by atoms with E-state index in [2.05, 4.69) is 0 Å². The van der Waals surface area contributed by atoms with Gasteiger partial charge in [0, 0.05) is 31.8 Å². The average Bonchev–Trinajstić information content (AvgIpc) is 2.64. The molecule has 1 amide bonds. The van der Waals surface area contributed by atoms with Gasteiger partial charge in [-0.15, -0.1) is 0 Å². The predicted octanol–water partition coefficient (Wildman–Crippen LogP) is 2.05. The third-order valence-electron chi connectivity index (χ3n) is 4.44. The molecule has 2 fully saturated rings. The molecule has 3 heteroatoms. The lowest BCUT2D eigenvalue weighted by Gasteiger charge is -2.43. The van der Waals surface area contributed by atoms with Gasteiger partial charge in [-0.2, -0.15) is 0 Å². The fourth-order valence-corrected chi connectivity index (χ4v) is 3.72. The number of rotatable bonds is 1. The van der Waals surface area contributed by atoms with Gasteiger partial charge in [-0.05, 0) is 18.4 Å². The molecule has 2 heterocycles. The van der Waals surface area contributed by atoms with Gasteiger partial charge in [-0.3, -0.25) is 4.79 Å². The zero-order valence-electron chi connectivity index (χ0n) is 10.7. The Kier molecular flexibility index (Phi) is 2.67. The molecule has 1 aromatic rings. The molecular formula is C15H19NO2. The van der Waals surface area contributed by atoms with Crippen molar-refractivity contribution in [3.8, 4) is 0 Å². The minimum atomic E-state index is -0.751. The van der Waals surface area contributed by atoms with Gasteiger partial charge in [0.15, 0.2) is 0 Å². The molecule has 0 saturated carbocycles. The van der Waals surface area contributed by atoms with Crippen LogP contribution in [-0.4, -0.2) is 28.0 Å². The summed E-state index contributed by atoms with van der Waals surface area (Å²) in [5.74, 6) is 0.151. The Labute approximate surface area is 107 Å². The van der Waals surface area contributed by atoms with Gasteiger partial charge in [0.1, 0.15) is 0 Å². The number of carbonyl (C=O) groups excluding carboxylic acids is 1. The topological polar surface area (TPSA) is 40.5 Å². The second kappa shape index (κ2) is 4.09.